The van der Waals surface area contributed by atoms with Crippen molar-refractivity contribution in [3.8, 4) is 0 Å². The molecule has 18 heavy (non-hydrogen) atoms. The summed E-state index contributed by atoms with van der Waals surface area (Å²) in [5.41, 5.74) is 0.0697. The predicted molar refractivity (Wildman–Crippen MR) is 71.6 cm³/mol. The average Bonchev–Trinajstić information content (AvgIpc) is 2.32. The second-order valence-corrected chi connectivity index (χ2v) is 5.58. The van der Waals surface area contributed by atoms with Gasteiger partial charge in [0.1, 0.15) is 11.6 Å². The highest BCUT2D eigenvalue weighted by Gasteiger charge is 2.25. The Hall–Kier alpha value is -0.960. The molecule has 3 heteroatoms. The van der Waals surface area contributed by atoms with Crippen LogP contribution in [0.25, 0.3) is 0 Å². The maximum absolute atomic E-state index is 13.7. The monoisotopic (exact) mass is 255 g/mol. The van der Waals surface area contributed by atoms with Gasteiger partial charge >= 0.3 is 0 Å². The minimum atomic E-state index is -0.445. The Morgan fingerprint density at radius 2 is 1.78 bits per heavy atom. The first-order valence-corrected chi connectivity index (χ1v) is 6.54. The van der Waals surface area contributed by atoms with Gasteiger partial charge in [0.15, 0.2) is 0 Å². The molecule has 0 aliphatic rings. The quantitative estimate of drug-likeness (QED) is 0.812. The molecular formula is C15H23F2N. The fourth-order valence-corrected chi connectivity index (χ4v) is 1.89. The zero-order chi connectivity index (χ0) is 13.8. The Bertz CT molecular complexity index is 370. The van der Waals surface area contributed by atoms with Crippen LogP contribution in [0.2, 0.25) is 0 Å². The van der Waals surface area contributed by atoms with Gasteiger partial charge in [-0.05, 0) is 30.4 Å². The summed E-state index contributed by atoms with van der Waals surface area (Å²) in [7, 11) is 0. The molecule has 0 amide bonds. The van der Waals surface area contributed by atoms with Crippen LogP contribution in [0.15, 0.2) is 18.2 Å². The molecule has 0 aliphatic heterocycles. The molecule has 0 aliphatic carbocycles. The van der Waals surface area contributed by atoms with Crippen molar-refractivity contribution in [2.45, 2.75) is 46.6 Å². The van der Waals surface area contributed by atoms with E-state index in [1.165, 1.54) is 18.2 Å². The van der Waals surface area contributed by atoms with E-state index in [-0.39, 0.29) is 11.0 Å². The van der Waals surface area contributed by atoms with Crippen molar-refractivity contribution in [3.05, 3.63) is 35.4 Å². The SMILES string of the molecule is CCC(C)(CNC(C)C)Cc1c(F)cccc1F. The summed E-state index contributed by atoms with van der Waals surface area (Å²) >= 11 is 0. The smallest absolute Gasteiger partial charge is 0.129 e. The van der Waals surface area contributed by atoms with Crippen LogP contribution in [0, 0.1) is 17.0 Å². The van der Waals surface area contributed by atoms with E-state index in [4.69, 9.17) is 0 Å². The van der Waals surface area contributed by atoms with Crippen LogP contribution in [0.4, 0.5) is 8.78 Å². The predicted octanol–water partition coefficient (Wildman–Crippen LogP) is 3.92. The van der Waals surface area contributed by atoms with E-state index in [1.807, 2.05) is 0 Å². The molecule has 1 N–H and O–H groups in total. The maximum atomic E-state index is 13.7. The second-order valence-electron chi connectivity index (χ2n) is 5.58. The van der Waals surface area contributed by atoms with E-state index < -0.39 is 11.6 Å². The number of benzene rings is 1. The van der Waals surface area contributed by atoms with Crippen LogP contribution in [0.3, 0.4) is 0 Å². The zero-order valence-electron chi connectivity index (χ0n) is 11.7. The summed E-state index contributed by atoms with van der Waals surface area (Å²) in [6.45, 7) is 9.02. The molecular weight excluding hydrogens is 232 g/mol. The van der Waals surface area contributed by atoms with Crippen LogP contribution in [-0.2, 0) is 6.42 Å². The van der Waals surface area contributed by atoms with Crippen molar-refractivity contribution in [1.29, 1.82) is 0 Å². The topological polar surface area (TPSA) is 12.0 Å². The largest absolute Gasteiger partial charge is 0.314 e. The van der Waals surface area contributed by atoms with Crippen LogP contribution in [-0.4, -0.2) is 12.6 Å². The molecule has 1 unspecified atom stereocenters. The first-order chi connectivity index (χ1) is 8.38. The minimum Gasteiger partial charge on any atom is -0.314 e. The molecule has 0 fully saturated rings. The van der Waals surface area contributed by atoms with E-state index in [9.17, 15) is 8.78 Å². The molecule has 102 valence electrons. The van der Waals surface area contributed by atoms with Gasteiger partial charge in [-0.3, -0.25) is 0 Å². The van der Waals surface area contributed by atoms with Crippen molar-refractivity contribution < 1.29 is 8.78 Å². The highest BCUT2D eigenvalue weighted by Crippen LogP contribution is 2.28. The third-order valence-corrected chi connectivity index (χ3v) is 3.46. The standard InChI is InChI=1S/C15H23F2N/c1-5-15(4,10-18-11(2)3)9-12-13(16)7-6-8-14(12)17/h6-8,11,18H,5,9-10H2,1-4H3. The molecule has 0 radical (unpaired) electrons. The Labute approximate surface area is 109 Å². The first kappa shape index (κ1) is 15.1. The van der Waals surface area contributed by atoms with Crippen molar-refractivity contribution in [1.82, 2.24) is 5.32 Å². The van der Waals surface area contributed by atoms with Crippen LogP contribution < -0.4 is 5.32 Å². The molecule has 0 saturated carbocycles. The Kier molecular flexibility index (Phi) is 5.27. The summed E-state index contributed by atoms with van der Waals surface area (Å²) in [6, 6.07) is 4.43. The summed E-state index contributed by atoms with van der Waals surface area (Å²) < 4.78 is 27.3. The lowest BCUT2D eigenvalue weighted by Crippen LogP contribution is -2.37. The molecule has 0 spiro atoms. The van der Waals surface area contributed by atoms with Gasteiger partial charge in [-0.2, -0.15) is 0 Å². The van der Waals surface area contributed by atoms with Crippen LogP contribution >= 0.6 is 0 Å². The zero-order valence-corrected chi connectivity index (χ0v) is 11.7. The Balaban J connectivity index is 2.84. The highest BCUT2D eigenvalue weighted by atomic mass is 19.1. The normalized spacial score (nSPS) is 14.8. The number of halogens is 2. The number of nitrogens with one attached hydrogen (secondary N) is 1. The fraction of sp³-hybridized carbons (Fsp3) is 0.600. The van der Waals surface area contributed by atoms with E-state index in [0.29, 0.717) is 12.5 Å². The molecule has 1 atom stereocenters. The molecule has 1 nitrogen and oxygen atoms in total. The van der Waals surface area contributed by atoms with Crippen LogP contribution in [0.1, 0.15) is 39.7 Å². The number of hydrogen-bond donors (Lipinski definition) is 1. The molecule has 1 aromatic rings. The van der Waals surface area contributed by atoms with Gasteiger partial charge in [0, 0.05) is 18.2 Å². The van der Waals surface area contributed by atoms with E-state index in [2.05, 4.69) is 33.0 Å². The lowest BCUT2D eigenvalue weighted by molar-refractivity contribution is 0.274. The van der Waals surface area contributed by atoms with E-state index in [1.54, 1.807) is 0 Å². The Morgan fingerprint density at radius 1 is 1.22 bits per heavy atom. The summed E-state index contributed by atoms with van der Waals surface area (Å²) in [6.07, 6.45) is 1.29. The molecule has 0 bridgehead atoms. The van der Waals surface area contributed by atoms with Gasteiger partial charge < -0.3 is 5.32 Å². The van der Waals surface area contributed by atoms with Crippen molar-refractivity contribution in [3.63, 3.8) is 0 Å². The van der Waals surface area contributed by atoms with Gasteiger partial charge in [0.25, 0.3) is 0 Å². The maximum Gasteiger partial charge on any atom is 0.129 e. The van der Waals surface area contributed by atoms with E-state index >= 15 is 0 Å². The minimum absolute atomic E-state index is 0.132. The van der Waals surface area contributed by atoms with Crippen molar-refractivity contribution in [2.24, 2.45) is 5.41 Å². The van der Waals surface area contributed by atoms with E-state index in [0.717, 1.165) is 13.0 Å². The molecule has 0 aromatic heterocycles. The van der Waals surface area contributed by atoms with Crippen LogP contribution in [0.5, 0.6) is 0 Å². The third kappa shape index (κ3) is 4.05. The summed E-state index contributed by atoms with van der Waals surface area (Å²) in [5.74, 6) is -0.890. The molecule has 1 aromatic carbocycles. The molecule has 0 saturated heterocycles. The average molecular weight is 255 g/mol. The van der Waals surface area contributed by atoms with Gasteiger partial charge in [-0.1, -0.05) is 33.8 Å². The lowest BCUT2D eigenvalue weighted by Gasteiger charge is -2.30. The van der Waals surface area contributed by atoms with Crippen molar-refractivity contribution >= 4 is 0 Å². The van der Waals surface area contributed by atoms with Gasteiger partial charge in [0.2, 0.25) is 0 Å². The molecule has 0 heterocycles. The summed E-state index contributed by atoms with van der Waals surface area (Å²) in [5, 5.41) is 3.35. The van der Waals surface area contributed by atoms with Crippen molar-refractivity contribution in [2.75, 3.05) is 6.54 Å². The highest BCUT2D eigenvalue weighted by molar-refractivity contribution is 5.21. The Morgan fingerprint density at radius 3 is 2.22 bits per heavy atom. The number of rotatable bonds is 6. The fourth-order valence-electron chi connectivity index (χ4n) is 1.89. The molecule has 1 rings (SSSR count). The van der Waals surface area contributed by atoms with Gasteiger partial charge in [-0.25, -0.2) is 8.78 Å². The second kappa shape index (κ2) is 6.28. The third-order valence-electron chi connectivity index (χ3n) is 3.46. The van der Waals surface area contributed by atoms with Gasteiger partial charge in [-0.15, -0.1) is 0 Å². The summed E-state index contributed by atoms with van der Waals surface area (Å²) in [4.78, 5) is 0. The lowest BCUT2D eigenvalue weighted by atomic mass is 9.80. The van der Waals surface area contributed by atoms with Gasteiger partial charge in [0.05, 0.1) is 0 Å². The number of hydrogen-bond acceptors (Lipinski definition) is 1. The first-order valence-electron chi connectivity index (χ1n) is 6.54.